The van der Waals surface area contributed by atoms with Crippen molar-refractivity contribution in [3.05, 3.63) is 101 Å². The number of nitrogens with one attached hydrogen (secondary N) is 1. The molecule has 208 valence electrons. The zero-order chi connectivity index (χ0) is 28.4. The average Bonchev–Trinajstić information content (AvgIpc) is 3.45. The van der Waals surface area contributed by atoms with E-state index in [0.29, 0.717) is 36.6 Å². The first-order chi connectivity index (χ1) is 19.3. The molecule has 5 rings (SSSR count). The van der Waals surface area contributed by atoms with Gasteiger partial charge in [0.25, 0.3) is 11.8 Å². The van der Waals surface area contributed by atoms with Crippen molar-refractivity contribution in [1.29, 1.82) is 0 Å². The number of aryl methyl sites for hydroxylation is 2. The predicted octanol–water partition coefficient (Wildman–Crippen LogP) is 4.79. The van der Waals surface area contributed by atoms with E-state index in [2.05, 4.69) is 26.9 Å². The smallest absolute Gasteiger partial charge is 0.267 e. The third-order valence-corrected chi connectivity index (χ3v) is 7.49. The summed E-state index contributed by atoms with van der Waals surface area (Å²) in [7, 11) is 5.67. The number of hydrogen-bond donors (Lipinski definition) is 1. The van der Waals surface area contributed by atoms with Crippen molar-refractivity contribution >= 4 is 17.5 Å². The third-order valence-electron chi connectivity index (χ3n) is 7.49. The van der Waals surface area contributed by atoms with Crippen LogP contribution in [0.2, 0.25) is 0 Å². The Labute approximate surface area is 235 Å². The molecule has 2 amide bonds. The first-order valence-corrected chi connectivity index (χ1v) is 13.6. The summed E-state index contributed by atoms with van der Waals surface area (Å²) in [5.41, 5.74) is 6.95. The van der Waals surface area contributed by atoms with Crippen LogP contribution in [-0.2, 0) is 13.1 Å². The Balaban J connectivity index is 1.46. The fourth-order valence-corrected chi connectivity index (χ4v) is 5.43. The molecule has 0 saturated carbocycles. The minimum absolute atomic E-state index is 0.0989. The van der Waals surface area contributed by atoms with E-state index < -0.39 is 0 Å². The monoisotopic (exact) mass is 539 g/mol. The van der Waals surface area contributed by atoms with Gasteiger partial charge in [-0.05, 0) is 95.0 Å². The van der Waals surface area contributed by atoms with Crippen molar-refractivity contribution in [3.8, 4) is 11.4 Å². The molecule has 0 saturated heterocycles. The molecule has 0 radical (unpaired) electrons. The lowest BCUT2D eigenvalue weighted by Gasteiger charge is -2.23. The van der Waals surface area contributed by atoms with Gasteiger partial charge in [-0.25, -0.2) is 0 Å². The summed E-state index contributed by atoms with van der Waals surface area (Å²) in [4.78, 5) is 31.1. The van der Waals surface area contributed by atoms with E-state index in [1.807, 2.05) is 87.1 Å². The lowest BCUT2D eigenvalue weighted by molar-refractivity contribution is 0.0942. The maximum absolute atomic E-state index is 14.1. The number of carbonyl (C=O) groups excluding carboxylic acids is 2. The number of methoxy groups -OCH3 is 1. The van der Waals surface area contributed by atoms with Crippen LogP contribution < -0.4 is 15.0 Å². The molecule has 0 fully saturated rings. The molecule has 3 heterocycles. The van der Waals surface area contributed by atoms with Gasteiger partial charge in [0.2, 0.25) is 0 Å². The Morgan fingerprint density at radius 2 is 1.68 bits per heavy atom. The number of aromatic nitrogens is 2. The summed E-state index contributed by atoms with van der Waals surface area (Å²) >= 11 is 0. The average molecular weight is 540 g/mol. The van der Waals surface area contributed by atoms with Crippen LogP contribution in [0.3, 0.4) is 0 Å². The van der Waals surface area contributed by atoms with E-state index >= 15 is 0 Å². The minimum Gasteiger partial charge on any atom is -0.495 e. The van der Waals surface area contributed by atoms with Gasteiger partial charge in [0.05, 0.1) is 25.9 Å². The van der Waals surface area contributed by atoms with Gasteiger partial charge in [-0.2, -0.15) is 0 Å². The first kappa shape index (κ1) is 27.3. The summed E-state index contributed by atoms with van der Waals surface area (Å²) in [5, 5.41) is 3.05. The number of amides is 2. The maximum Gasteiger partial charge on any atom is 0.267 e. The van der Waals surface area contributed by atoms with Crippen molar-refractivity contribution in [2.45, 2.75) is 33.4 Å². The van der Waals surface area contributed by atoms with Gasteiger partial charge < -0.3 is 29.0 Å². The van der Waals surface area contributed by atoms with E-state index in [9.17, 15) is 9.59 Å². The number of hydrogen-bond acceptors (Lipinski definition) is 4. The summed E-state index contributed by atoms with van der Waals surface area (Å²) in [6.07, 6.45) is 0.878. The lowest BCUT2D eigenvalue weighted by Crippen LogP contribution is -2.31. The Bertz CT molecular complexity index is 1530. The van der Waals surface area contributed by atoms with E-state index in [4.69, 9.17) is 4.74 Å². The molecule has 2 aromatic carbocycles. The van der Waals surface area contributed by atoms with Crippen LogP contribution in [-0.4, -0.2) is 60.1 Å². The second-order valence-electron chi connectivity index (χ2n) is 10.6. The number of para-hydroxylation sites is 1. The minimum atomic E-state index is -0.123. The Hall–Kier alpha value is -4.30. The molecule has 0 unspecified atom stereocenters. The second kappa shape index (κ2) is 11.4. The molecule has 2 aromatic heterocycles. The summed E-state index contributed by atoms with van der Waals surface area (Å²) in [6.45, 7) is 6.48. The van der Waals surface area contributed by atoms with Gasteiger partial charge >= 0.3 is 0 Å². The number of benzene rings is 2. The fourth-order valence-electron chi connectivity index (χ4n) is 5.43. The highest BCUT2D eigenvalue weighted by molar-refractivity contribution is 6.07. The number of anilines is 1. The number of ether oxygens (including phenoxy) is 1. The summed E-state index contributed by atoms with van der Waals surface area (Å²) < 4.78 is 9.89. The number of fused-ring (bicyclic) bond motifs is 2. The zero-order valence-corrected chi connectivity index (χ0v) is 23.9. The van der Waals surface area contributed by atoms with Crippen molar-refractivity contribution in [1.82, 2.24) is 19.4 Å². The highest BCUT2D eigenvalue weighted by Gasteiger charge is 2.28. The van der Waals surface area contributed by atoms with Crippen LogP contribution >= 0.6 is 0 Å². The number of rotatable bonds is 8. The van der Waals surface area contributed by atoms with Crippen LogP contribution in [0.15, 0.2) is 66.7 Å². The highest BCUT2D eigenvalue weighted by Crippen LogP contribution is 2.32. The van der Waals surface area contributed by atoms with Gasteiger partial charge in [0.1, 0.15) is 11.4 Å². The molecule has 0 bridgehead atoms. The third kappa shape index (κ3) is 5.27. The number of nitrogens with zero attached hydrogens (tertiary/aromatic N) is 4. The molecule has 4 aromatic rings. The SMILES string of the molecule is COc1cc(C(=O)N2Cc3ccc(C(=O)NCCCN(C)C)n3Cc3ccccc32)ccc1-n1c(C)ccc1C. The van der Waals surface area contributed by atoms with Crippen molar-refractivity contribution < 1.29 is 14.3 Å². The van der Waals surface area contributed by atoms with Crippen LogP contribution in [0, 0.1) is 13.8 Å². The molecular weight excluding hydrogens is 502 g/mol. The molecule has 1 aliphatic rings. The van der Waals surface area contributed by atoms with Crippen LogP contribution in [0.25, 0.3) is 5.69 Å². The molecule has 0 spiro atoms. The molecule has 0 aliphatic carbocycles. The van der Waals surface area contributed by atoms with Gasteiger partial charge in [-0.3, -0.25) is 9.59 Å². The largest absolute Gasteiger partial charge is 0.495 e. The van der Waals surface area contributed by atoms with E-state index in [0.717, 1.165) is 47.0 Å². The van der Waals surface area contributed by atoms with E-state index in [-0.39, 0.29) is 11.8 Å². The molecular formula is C32H37N5O3. The van der Waals surface area contributed by atoms with Crippen molar-refractivity contribution in [2.24, 2.45) is 0 Å². The highest BCUT2D eigenvalue weighted by atomic mass is 16.5. The molecule has 1 N–H and O–H groups in total. The first-order valence-electron chi connectivity index (χ1n) is 13.6. The Morgan fingerprint density at radius 1 is 0.925 bits per heavy atom. The van der Waals surface area contributed by atoms with E-state index in [1.165, 1.54) is 0 Å². The molecule has 8 nitrogen and oxygen atoms in total. The normalized spacial score (nSPS) is 12.6. The van der Waals surface area contributed by atoms with Crippen LogP contribution in [0.5, 0.6) is 5.75 Å². The van der Waals surface area contributed by atoms with Crippen molar-refractivity contribution in [3.63, 3.8) is 0 Å². The Morgan fingerprint density at radius 3 is 2.40 bits per heavy atom. The zero-order valence-electron chi connectivity index (χ0n) is 23.9. The predicted molar refractivity (Wildman–Crippen MR) is 158 cm³/mol. The standard InChI is InChI=1S/C32H37N5O3/c1-22-11-12-23(2)37(22)28-15-13-24(19-30(28)40-5)32(39)36-21-26-14-16-29(31(38)33-17-8-18-34(3)4)35(26)20-25-9-6-7-10-27(25)36/h6-7,9-16,19H,8,17-18,20-21H2,1-5H3,(H,33,38). The summed E-state index contributed by atoms with van der Waals surface area (Å²) in [5.74, 6) is 0.411. The number of carbonyl (C=O) groups is 2. The molecule has 1 aliphatic heterocycles. The Kier molecular flexibility index (Phi) is 7.80. The quantitative estimate of drug-likeness (QED) is 0.327. The summed E-state index contributed by atoms with van der Waals surface area (Å²) in [6, 6.07) is 21.4. The van der Waals surface area contributed by atoms with Gasteiger partial charge in [0, 0.05) is 34.9 Å². The molecule has 8 heteroatoms. The topological polar surface area (TPSA) is 71.7 Å². The molecule has 0 atom stereocenters. The fraction of sp³-hybridized carbons (Fsp3) is 0.312. The van der Waals surface area contributed by atoms with Crippen LogP contribution in [0.1, 0.15) is 49.9 Å². The van der Waals surface area contributed by atoms with Crippen molar-refractivity contribution in [2.75, 3.05) is 39.2 Å². The van der Waals surface area contributed by atoms with Gasteiger partial charge in [-0.15, -0.1) is 0 Å². The van der Waals surface area contributed by atoms with E-state index in [1.54, 1.807) is 12.0 Å². The molecule has 40 heavy (non-hydrogen) atoms. The maximum atomic E-state index is 14.1. The lowest BCUT2D eigenvalue weighted by atomic mass is 10.1. The van der Waals surface area contributed by atoms with Gasteiger partial charge in [-0.1, -0.05) is 18.2 Å². The van der Waals surface area contributed by atoms with Gasteiger partial charge in [0.15, 0.2) is 0 Å². The second-order valence-corrected chi connectivity index (χ2v) is 10.6. The van der Waals surface area contributed by atoms with Crippen LogP contribution in [0.4, 0.5) is 5.69 Å².